The normalized spacial score (nSPS) is 23.9. The van der Waals surface area contributed by atoms with E-state index in [1.165, 1.54) is 0 Å². The zero-order valence-electron chi connectivity index (χ0n) is 20.1. The highest BCUT2D eigenvalue weighted by atomic mass is 16.5. The number of rotatable bonds is 11. The molecule has 1 amide bonds. The summed E-state index contributed by atoms with van der Waals surface area (Å²) in [5, 5.41) is 10.6. The van der Waals surface area contributed by atoms with Crippen LogP contribution in [-0.4, -0.2) is 54.9 Å². The number of para-hydroxylation sites is 1. The smallest absolute Gasteiger partial charge is 0.242 e. The van der Waals surface area contributed by atoms with Gasteiger partial charge in [0.1, 0.15) is 11.8 Å². The fraction of sp³-hybridized carbons (Fsp3) is 0.500. The van der Waals surface area contributed by atoms with Gasteiger partial charge >= 0.3 is 0 Å². The molecule has 2 aliphatic heterocycles. The summed E-state index contributed by atoms with van der Waals surface area (Å²) in [6.45, 7) is 8.75. The quantitative estimate of drug-likeness (QED) is 0.435. The predicted octanol–water partition coefficient (Wildman–Crippen LogP) is 3.33. The summed E-state index contributed by atoms with van der Waals surface area (Å²) in [7, 11) is 0. The molecule has 0 aliphatic carbocycles. The second-order valence-electron chi connectivity index (χ2n) is 8.48. The Morgan fingerprint density at radius 3 is 2.41 bits per heavy atom. The number of benzene rings is 2. The van der Waals surface area contributed by atoms with Crippen molar-refractivity contribution in [1.29, 1.82) is 0 Å². The van der Waals surface area contributed by atoms with Crippen LogP contribution in [0.15, 0.2) is 42.5 Å². The molecule has 0 spiro atoms. The van der Waals surface area contributed by atoms with Crippen molar-refractivity contribution < 1.29 is 24.1 Å². The molecule has 2 saturated heterocycles. The maximum absolute atomic E-state index is 13.5. The molecule has 8 nitrogen and oxygen atoms in total. The van der Waals surface area contributed by atoms with E-state index in [-0.39, 0.29) is 29.7 Å². The molecule has 184 valence electrons. The molecule has 0 saturated carbocycles. The third-order valence-electron chi connectivity index (χ3n) is 6.49. The third-order valence-corrected chi connectivity index (χ3v) is 6.49. The number of likely N-dealkylation sites (tertiary alicyclic amines) is 1. The SMILES string of the molecule is CCOCCCN1C(=O)C2NNC(c3ccccc3O)C2C1c1ccc(OCC)c(OCC)c1. The Balaban J connectivity index is 1.73. The Morgan fingerprint density at radius 1 is 0.941 bits per heavy atom. The number of hydrazine groups is 1. The third kappa shape index (κ3) is 4.71. The summed E-state index contributed by atoms with van der Waals surface area (Å²) in [5.41, 5.74) is 8.24. The van der Waals surface area contributed by atoms with Crippen LogP contribution in [-0.2, 0) is 9.53 Å². The van der Waals surface area contributed by atoms with Gasteiger partial charge in [-0.15, -0.1) is 0 Å². The van der Waals surface area contributed by atoms with Crippen LogP contribution in [0.2, 0.25) is 0 Å². The molecule has 3 N–H and O–H groups in total. The number of nitrogens with zero attached hydrogens (tertiary/aromatic N) is 1. The highest BCUT2D eigenvalue weighted by molar-refractivity contribution is 5.86. The largest absolute Gasteiger partial charge is 0.508 e. The number of amides is 1. The molecule has 8 heteroatoms. The van der Waals surface area contributed by atoms with Gasteiger partial charge in [-0.1, -0.05) is 24.3 Å². The maximum Gasteiger partial charge on any atom is 0.242 e. The molecule has 2 aliphatic rings. The maximum atomic E-state index is 13.5. The highest BCUT2D eigenvalue weighted by Gasteiger charge is 2.55. The Kier molecular flexibility index (Phi) is 7.92. The Hall–Kier alpha value is -2.81. The lowest BCUT2D eigenvalue weighted by atomic mass is 9.83. The highest BCUT2D eigenvalue weighted by Crippen LogP contribution is 2.49. The van der Waals surface area contributed by atoms with Crippen molar-refractivity contribution in [2.45, 2.75) is 45.3 Å². The standard InChI is InChI=1S/C26H35N3O5/c1-4-32-15-9-14-29-25(17-12-13-20(33-5-2)21(16-17)34-6-3)22-23(27-28-24(22)26(29)31)18-10-7-8-11-19(18)30/h7-8,10-13,16,22-25,27-28,30H,4-6,9,14-15H2,1-3H3. The molecular formula is C26H35N3O5. The average Bonchev–Trinajstić information content (AvgIpc) is 3.37. The van der Waals surface area contributed by atoms with Crippen LogP contribution in [0.4, 0.5) is 0 Å². The molecule has 34 heavy (non-hydrogen) atoms. The molecule has 2 aromatic carbocycles. The molecule has 2 heterocycles. The molecule has 0 aromatic heterocycles. The lowest BCUT2D eigenvalue weighted by molar-refractivity contribution is -0.131. The van der Waals surface area contributed by atoms with Gasteiger partial charge in [0.2, 0.25) is 5.91 Å². The van der Waals surface area contributed by atoms with E-state index in [1.807, 2.05) is 56.0 Å². The van der Waals surface area contributed by atoms with Crippen molar-refractivity contribution in [3.05, 3.63) is 53.6 Å². The Labute approximate surface area is 201 Å². The number of carbonyl (C=O) groups excluding carboxylic acids is 1. The molecule has 2 aromatic rings. The zero-order valence-corrected chi connectivity index (χ0v) is 20.1. The van der Waals surface area contributed by atoms with Crippen LogP contribution in [0.3, 0.4) is 0 Å². The zero-order chi connectivity index (χ0) is 24.1. The minimum atomic E-state index is -0.399. The van der Waals surface area contributed by atoms with Crippen molar-refractivity contribution in [3.8, 4) is 17.2 Å². The molecular weight excluding hydrogens is 434 g/mol. The fourth-order valence-electron chi connectivity index (χ4n) is 5.10. The van der Waals surface area contributed by atoms with Crippen LogP contribution in [0.5, 0.6) is 17.2 Å². The Morgan fingerprint density at radius 2 is 1.68 bits per heavy atom. The van der Waals surface area contributed by atoms with Crippen LogP contribution >= 0.6 is 0 Å². The summed E-state index contributed by atoms with van der Waals surface area (Å²) in [5.74, 6) is 1.50. The minimum Gasteiger partial charge on any atom is -0.508 e. The number of ether oxygens (including phenoxy) is 3. The van der Waals surface area contributed by atoms with E-state index in [2.05, 4.69) is 10.9 Å². The van der Waals surface area contributed by atoms with E-state index in [0.717, 1.165) is 17.5 Å². The van der Waals surface area contributed by atoms with Gasteiger partial charge in [-0.05, 0) is 51.0 Å². The van der Waals surface area contributed by atoms with E-state index < -0.39 is 6.04 Å². The molecule has 0 bridgehead atoms. The second kappa shape index (κ2) is 11.1. The first-order chi connectivity index (χ1) is 16.6. The number of phenols is 1. The summed E-state index contributed by atoms with van der Waals surface area (Å²) < 4.78 is 17.2. The number of hydrogen-bond donors (Lipinski definition) is 3. The van der Waals surface area contributed by atoms with Gasteiger partial charge in [-0.2, -0.15) is 0 Å². The van der Waals surface area contributed by atoms with Gasteiger partial charge in [0.15, 0.2) is 11.5 Å². The average molecular weight is 470 g/mol. The number of hydrogen-bond acceptors (Lipinski definition) is 7. The van der Waals surface area contributed by atoms with Gasteiger partial charge in [0.25, 0.3) is 0 Å². The van der Waals surface area contributed by atoms with Crippen LogP contribution in [0.1, 0.15) is 50.4 Å². The first kappa shape index (κ1) is 24.3. The van der Waals surface area contributed by atoms with Crippen molar-refractivity contribution in [2.75, 3.05) is 33.0 Å². The van der Waals surface area contributed by atoms with Crippen molar-refractivity contribution in [3.63, 3.8) is 0 Å². The van der Waals surface area contributed by atoms with Gasteiger partial charge in [0.05, 0.1) is 25.3 Å². The van der Waals surface area contributed by atoms with Crippen LogP contribution in [0, 0.1) is 5.92 Å². The lowest BCUT2D eigenvalue weighted by Crippen LogP contribution is -2.41. The van der Waals surface area contributed by atoms with Gasteiger partial charge < -0.3 is 24.2 Å². The van der Waals surface area contributed by atoms with Crippen molar-refractivity contribution in [1.82, 2.24) is 15.8 Å². The first-order valence-electron chi connectivity index (χ1n) is 12.2. The van der Waals surface area contributed by atoms with Gasteiger partial charge in [-0.3, -0.25) is 4.79 Å². The predicted molar refractivity (Wildman–Crippen MR) is 129 cm³/mol. The number of fused-ring (bicyclic) bond motifs is 1. The molecule has 4 unspecified atom stereocenters. The molecule has 0 radical (unpaired) electrons. The van der Waals surface area contributed by atoms with E-state index in [9.17, 15) is 9.90 Å². The van der Waals surface area contributed by atoms with Gasteiger partial charge in [0, 0.05) is 31.2 Å². The van der Waals surface area contributed by atoms with Crippen LogP contribution < -0.4 is 20.3 Å². The molecule has 4 rings (SSSR count). The second-order valence-corrected chi connectivity index (χ2v) is 8.48. The number of aromatic hydroxyl groups is 1. The first-order valence-corrected chi connectivity index (χ1v) is 12.2. The monoisotopic (exact) mass is 469 g/mol. The van der Waals surface area contributed by atoms with Crippen molar-refractivity contribution in [2.24, 2.45) is 5.92 Å². The summed E-state index contributed by atoms with van der Waals surface area (Å²) in [4.78, 5) is 15.5. The fourth-order valence-corrected chi connectivity index (χ4v) is 5.10. The number of carbonyl (C=O) groups is 1. The Bertz CT molecular complexity index is 985. The summed E-state index contributed by atoms with van der Waals surface area (Å²) in [6, 6.07) is 12.4. The summed E-state index contributed by atoms with van der Waals surface area (Å²) >= 11 is 0. The number of phenolic OH excluding ortho intramolecular Hbond substituents is 1. The topological polar surface area (TPSA) is 92.3 Å². The minimum absolute atomic E-state index is 0.0452. The van der Waals surface area contributed by atoms with E-state index in [0.29, 0.717) is 44.5 Å². The molecule has 2 fully saturated rings. The van der Waals surface area contributed by atoms with Crippen molar-refractivity contribution >= 4 is 5.91 Å². The van der Waals surface area contributed by atoms with E-state index in [4.69, 9.17) is 14.2 Å². The van der Waals surface area contributed by atoms with Crippen LogP contribution in [0.25, 0.3) is 0 Å². The van der Waals surface area contributed by atoms with E-state index >= 15 is 0 Å². The summed E-state index contributed by atoms with van der Waals surface area (Å²) in [6.07, 6.45) is 0.750. The number of nitrogens with one attached hydrogen (secondary N) is 2. The van der Waals surface area contributed by atoms with E-state index in [1.54, 1.807) is 12.1 Å². The molecule has 4 atom stereocenters. The lowest BCUT2D eigenvalue weighted by Gasteiger charge is -2.32. The van der Waals surface area contributed by atoms with Gasteiger partial charge in [-0.25, -0.2) is 10.9 Å².